The number of aliphatic hydroxyl groups excluding tert-OH is 1. The number of H-pyrrole nitrogens is 1. The van der Waals surface area contributed by atoms with Crippen LogP contribution in [0.1, 0.15) is 69.0 Å². The van der Waals surface area contributed by atoms with Crippen LogP contribution in [0.4, 0.5) is 0 Å². The number of aromatic nitrogens is 7. The quantitative estimate of drug-likeness (QED) is 0.353. The molecule has 224 valence electrons. The van der Waals surface area contributed by atoms with Crippen molar-refractivity contribution in [3.8, 4) is 29.1 Å². The highest BCUT2D eigenvalue weighted by molar-refractivity contribution is 5.93. The van der Waals surface area contributed by atoms with Crippen molar-refractivity contribution < 1.29 is 14.6 Å². The summed E-state index contributed by atoms with van der Waals surface area (Å²) in [5, 5.41) is 37.1. The molecule has 0 radical (unpaired) electrons. The van der Waals surface area contributed by atoms with E-state index in [4.69, 9.17) is 14.5 Å². The molecule has 0 amide bonds. The molecular formula is C30H41N9O3. The van der Waals surface area contributed by atoms with Crippen LogP contribution in [0.25, 0.3) is 34.3 Å². The molecule has 4 aromatic heterocycles. The molecule has 5 rings (SSSR count). The number of likely N-dealkylation sites (N-methyl/N-ethyl adjacent to an activating group) is 1. The molecule has 1 aliphatic rings. The lowest BCUT2D eigenvalue weighted by Gasteiger charge is -2.26. The average Bonchev–Trinajstić information content (AvgIpc) is 3.63. The lowest BCUT2D eigenvalue weighted by Crippen LogP contribution is -2.35. The number of nitrogens with one attached hydrogen (secondary N) is 1. The van der Waals surface area contributed by atoms with E-state index in [9.17, 15) is 10.4 Å². The van der Waals surface area contributed by atoms with Gasteiger partial charge in [-0.2, -0.15) is 15.5 Å². The number of pyridine rings is 1. The van der Waals surface area contributed by atoms with Gasteiger partial charge in [0.15, 0.2) is 6.61 Å². The van der Waals surface area contributed by atoms with Gasteiger partial charge in [-0.3, -0.25) is 19.7 Å². The molecule has 0 fully saturated rings. The van der Waals surface area contributed by atoms with Crippen molar-refractivity contribution in [1.82, 2.24) is 39.6 Å². The smallest absolute Gasteiger partial charge is 0.241 e. The van der Waals surface area contributed by atoms with E-state index >= 15 is 0 Å². The summed E-state index contributed by atoms with van der Waals surface area (Å²) in [5.41, 5.74) is 6.42. The van der Waals surface area contributed by atoms with Gasteiger partial charge in [-0.15, -0.1) is 5.10 Å². The maximum atomic E-state index is 10.0. The van der Waals surface area contributed by atoms with Crippen LogP contribution in [0, 0.1) is 25.2 Å². The van der Waals surface area contributed by atoms with Gasteiger partial charge < -0.3 is 14.6 Å². The molecule has 2 atom stereocenters. The van der Waals surface area contributed by atoms with Crippen molar-refractivity contribution in [1.29, 1.82) is 5.26 Å². The summed E-state index contributed by atoms with van der Waals surface area (Å²) in [7, 11) is 1.88. The Morgan fingerprint density at radius 3 is 2.69 bits per heavy atom. The van der Waals surface area contributed by atoms with E-state index in [-0.39, 0.29) is 25.4 Å². The maximum Gasteiger partial charge on any atom is 0.241 e. The Kier molecular flexibility index (Phi) is 9.65. The highest BCUT2D eigenvalue weighted by atomic mass is 16.5. The first kappa shape index (κ1) is 30.7. The highest BCUT2D eigenvalue weighted by Crippen LogP contribution is 2.36. The third-order valence-corrected chi connectivity index (χ3v) is 7.21. The van der Waals surface area contributed by atoms with Crippen molar-refractivity contribution in [3.63, 3.8) is 0 Å². The normalized spacial score (nSPS) is 16.7. The fraction of sp³-hybridized carbons (Fsp3) is 0.500. The molecule has 5 heterocycles. The molecule has 0 aliphatic carbocycles. The minimum atomic E-state index is -0.291. The molecule has 4 aromatic rings. The van der Waals surface area contributed by atoms with Crippen molar-refractivity contribution in [2.45, 2.75) is 67.2 Å². The number of ether oxygens (including phenoxy) is 2. The van der Waals surface area contributed by atoms with Gasteiger partial charge in [0.1, 0.15) is 17.7 Å². The largest absolute Gasteiger partial charge is 0.473 e. The number of hydrogen-bond donors (Lipinski definition) is 2. The molecule has 12 nitrogen and oxygen atoms in total. The number of aromatic amines is 1. The van der Waals surface area contributed by atoms with E-state index in [2.05, 4.69) is 32.2 Å². The van der Waals surface area contributed by atoms with Gasteiger partial charge in [-0.05, 0) is 52.5 Å². The van der Waals surface area contributed by atoms with Crippen LogP contribution in [0.5, 0.6) is 11.8 Å². The number of aryl methyl sites for hydroxylation is 3. The van der Waals surface area contributed by atoms with Gasteiger partial charge in [-0.25, -0.2) is 4.68 Å². The zero-order valence-corrected chi connectivity index (χ0v) is 25.8. The first-order valence-corrected chi connectivity index (χ1v) is 14.4. The zero-order valence-electron chi connectivity index (χ0n) is 25.8. The van der Waals surface area contributed by atoms with Gasteiger partial charge in [-0.1, -0.05) is 20.8 Å². The number of rotatable bonds is 5. The molecule has 2 N–H and O–H groups in total. The van der Waals surface area contributed by atoms with E-state index in [1.54, 1.807) is 9.36 Å². The van der Waals surface area contributed by atoms with Gasteiger partial charge in [0.25, 0.3) is 0 Å². The van der Waals surface area contributed by atoms with Crippen molar-refractivity contribution in [3.05, 3.63) is 34.4 Å². The second kappa shape index (κ2) is 13.2. The second-order valence-electron chi connectivity index (χ2n) is 10.2. The zero-order chi connectivity index (χ0) is 30.6. The Morgan fingerprint density at radius 1 is 1.24 bits per heavy atom. The summed E-state index contributed by atoms with van der Waals surface area (Å²) in [6.45, 7) is 15.6. The topological polar surface area (TPSA) is 143 Å². The summed E-state index contributed by atoms with van der Waals surface area (Å²) >= 11 is 0. The van der Waals surface area contributed by atoms with Crippen molar-refractivity contribution in [2.75, 3.05) is 26.3 Å². The van der Waals surface area contributed by atoms with Crippen LogP contribution in [-0.4, -0.2) is 77.2 Å². The van der Waals surface area contributed by atoms with Crippen molar-refractivity contribution in [2.24, 2.45) is 7.05 Å². The first-order chi connectivity index (χ1) is 20.2. The highest BCUT2D eigenvalue weighted by Gasteiger charge is 2.26. The third kappa shape index (κ3) is 5.89. The first-order valence-electron chi connectivity index (χ1n) is 14.4. The summed E-state index contributed by atoms with van der Waals surface area (Å²) < 4.78 is 15.9. The Labute approximate surface area is 246 Å². The molecule has 1 aliphatic heterocycles. The van der Waals surface area contributed by atoms with E-state index in [1.165, 1.54) is 0 Å². The fourth-order valence-electron chi connectivity index (χ4n) is 5.22. The van der Waals surface area contributed by atoms with Crippen molar-refractivity contribution >= 4 is 23.1 Å². The molecular weight excluding hydrogens is 534 g/mol. The Bertz CT molecular complexity index is 1610. The standard InChI is InChI=1S/C28H35N9O3.C2H6/c1-7-36-13-17(3)40-28-25(18(4)33-35(28)6)23-12-21-22(31-32-26(21)19(5)30-23)9-8-20-24(14-36)37(16(2)15-38)34-27(20)39-11-10-29;1-2/h8-9,12,16-17,38H,7,11,13-15H2,1-6H3,(H,31,32);1-2H3/b9-8+;. The van der Waals surface area contributed by atoms with E-state index in [0.29, 0.717) is 24.8 Å². The van der Waals surface area contributed by atoms with E-state index in [0.717, 1.165) is 57.0 Å². The van der Waals surface area contributed by atoms with Crippen LogP contribution in [-0.2, 0) is 13.6 Å². The van der Waals surface area contributed by atoms with Gasteiger partial charge >= 0.3 is 0 Å². The molecule has 0 saturated heterocycles. The summed E-state index contributed by atoms with van der Waals surface area (Å²) in [6, 6.07) is 3.75. The Hall–Kier alpha value is -4.21. The molecule has 2 unspecified atom stereocenters. The number of aliphatic hydroxyl groups is 1. The maximum absolute atomic E-state index is 10.0. The van der Waals surface area contributed by atoms with E-state index in [1.807, 2.05) is 72.9 Å². The number of nitriles is 1. The lowest BCUT2D eigenvalue weighted by molar-refractivity contribution is 0.132. The fourth-order valence-corrected chi connectivity index (χ4v) is 5.22. The number of nitrogens with zero attached hydrogens (tertiary/aromatic N) is 8. The van der Waals surface area contributed by atoms with Gasteiger partial charge in [0, 0.05) is 25.5 Å². The van der Waals surface area contributed by atoms with Gasteiger partial charge in [0.2, 0.25) is 11.8 Å². The summed E-state index contributed by atoms with van der Waals surface area (Å²) in [4.78, 5) is 7.13. The molecule has 0 aromatic carbocycles. The van der Waals surface area contributed by atoms with E-state index < -0.39 is 0 Å². The molecule has 0 saturated carbocycles. The predicted octanol–water partition coefficient (Wildman–Crippen LogP) is 4.43. The molecule has 42 heavy (non-hydrogen) atoms. The Balaban J connectivity index is 0.00000198. The third-order valence-electron chi connectivity index (χ3n) is 7.21. The lowest BCUT2D eigenvalue weighted by atomic mass is 10.1. The van der Waals surface area contributed by atoms with Gasteiger partial charge in [0.05, 0.1) is 52.2 Å². The summed E-state index contributed by atoms with van der Waals surface area (Å²) in [5.74, 6) is 1.00. The minimum Gasteiger partial charge on any atom is -0.473 e. The predicted molar refractivity (Wildman–Crippen MR) is 162 cm³/mol. The Morgan fingerprint density at radius 2 is 2.00 bits per heavy atom. The number of fused-ring (bicyclic) bond motifs is 4. The average molecular weight is 576 g/mol. The minimum absolute atomic E-state index is 0.0932. The van der Waals surface area contributed by atoms with Crippen LogP contribution >= 0.6 is 0 Å². The summed E-state index contributed by atoms with van der Waals surface area (Å²) in [6.07, 6.45) is 3.71. The van der Waals surface area contributed by atoms with Crippen LogP contribution in [0.2, 0.25) is 0 Å². The monoisotopic (exact) mass is 575 g/mol. The SMILES string of the molecule is CC.CCN1Cc2c(c(OCC#N)nn2C(C)CO)/C=C/c2[nH]nc3c(C)nc(cc23)-c2c(C)nn(C)c2OC(C)C1. The van der Waals surface area contributed by atoms with Crippen LogP contribution in [0.3, 0.4) is 0 Å². The van der Waals surface area contributed by atoms with Crippen LogP contribution in [0.15, 0.2) is 6.07 Å². The second-order valence-corrected chi connectivity index (χ2v) is 10.2. The molecule has 0 spiro atoms. The molecule has 12 heteroatoms. The molecule has 2 bridgehead atoms. The number of hydrogen-bond acceptors (Lipinski definition) is 9. The van der Waals surface area contributed by atoms with Crippen LogP contribution < -0.4 is 9.47 Å².